The molecule has 1 fully saturated rings. The third-order valence-corrected chi connectivity index (χ3v) is 5.36. The summed E-state index contributed by atoms with van der Waals surface area (Å²) in [6.45, 7) is 6.09. The number of nitrogens with one attached hydrogen (secondary N) is 1. The van der Waals surface area contributed by atoms with Crippen LogP contribution in [-0.2, 0) is 6.42 Å². The van der Waals surface area contributed by atoms with E-state index in [0.717, 1.165) is 55.5 Å². The molecule has 0 saturated carbocycles. The quantitative estimate of drug-likeness (QED) is 0.704. The Balaban J connectivity index is 1.41. The van der Waals surface area contributed by atoms with Crippen LogP contribution in [0.2, 0.25) is 0 Å². The van der Waals surface area contributed by atoms with Gasteiger partial charge < -0.3 is 4.90 Å². The molecular formula is C21H23FN4O. The van der Waals surface area contributed by atoms with E-state index in [2.05, 4.69) is 33.0 Å². The first-order valence-corrected chi connectivity index (χ1v) is 9.31. The Morgan fingerprint density at radius 1 is 1.22 bits per heavy atom. The Kier molecular flexibility index (Phi) is 4.90. The highest BCUT2D eigenvalue weighted by Crippen LogP contribution is 2.26. The molecule has 6 heteroatoms. The summed E-state index contributed by atoms with van der Waals surface area (Å²) in [5, 5.41) is 7.81. The first-order chi connectivity index (χ1) is 13.1. The largest absolute Gasteiger partial charge is 0.366 e. The van der Waals surface area contributed by atoms with Crippen molar-refractivity contribution < 1.29 is 9.18 Å². The number of piperazine rings is 1. The van der Waals surface area contributed by atoms with Gasteiger partial charge in [0.2, 0.25) is 0 Å². The van der Waals surface area contributed by atoms with Crippen LogP contribution >= 0.6 is 0 Å². The van der Waals surface area contributed by atoms with Gasteiger partial charge in [0, 0.05) is 43.3 Å². The fraction of sp³-hybridized carbons (Fsp3) is 0.333. The predicted octanol–water partition coefficient (Wildman–Crippen LogP) is 3.27. The number of rotatable bonds is 5. The minimum atomic E-state index is -0.187. The number of aldehydes is 1. The maximum atomic E-state index is 13.0. The molecule has 140 valence electrons. The molecule has 4 rings (SSSR count). The lowest BCUT2D eigenvalue weighted by Gasteiger charge is -2.41. The van der Waals surface area contributed by atoms with Crippen LogP contribution in [0.3, 0.4) is 0 Å². The van der Waals surface area contributed by atoms with Crippen molar-refractivity contribution in [3.8, 4) is 0 Å². The number of carbonyl (C=O) groups excluding carboxylic acids is 1. The molecule has 1 N–H and O–H groups in total. The number of anilines is 1. The van der Waals surface area contributed by atoms with E-state index < -0.39 is 0 Å². The molecule has 1 aliphatic heterocycles. The lowest BCUT2D eigenvalue weighted by Crippen LogP contribution is -2.52. The molecular weight excluding hydrogens is 343 g/mol. The lowest BCUT2D eigenvalue weighted by molar-refractivity contribution is 0.112. The Morgan fingerprint density at radius 3 is 2.78 bits per heavy atom. The summed E-state index contributed by atoms with van der Waals surface area (Å²) >= 11 is 0. The van der Waals surface area contributed by atoms with Gasteiger partial charge >= 0.3 is 0 Å². The van der Waals surface area contributed by atoms with Gasteiger partial charge in [0.1, 0.15) is 11.5 Å². The number of halogens is 1. The van der Waals surface area contributed by atoms with E-state index in [1.165, 1.54) is 17.7 Å². The topological polar surface area (TPSA) is 52.2 Å². The summed E-state index contributed by atoms with van der Waals surface area (Å²) in [5.41, 5.74) is 3.62. The normalized spacial score (nSPS) is 18.1. The number of H-pyrrole nitrogens is 1. The van der Waals surface area contributed by atoms with E-state index in [-0.39, 0.29) is 5.82 Å². The smallest absolute Gasteiger partial charge is 0.168 e. The fourth-order valence-corrected chi connectivity index (χ4v) is 3.84. The van der Waals surface area contributed by atoms with Gasteiger partial charge in [-0.2, -0.15) is 5.10 Å². The molecule has 0 bridgehead atoms. The van der Waals surface area contributed by atoms with Crippen LogP contribution in [0.1, 0.15) is 23.0 Å². The van der Waals surface area contributed by atoms with Crippen molar-refractivity contribution in [1.82, 2.24) is 15.1 Å². The van der Waals surface area contributed by atoms with Gasteiger partial charge in [-0.15, -0.1) is 0 Å². The Bertz CT molecular complexity index is 937. The first-order valence-electron chi connectivity index (χ1n) is 9.31. The van der Waals surface area contributed by atoms with Gasteiger partial charge in [-0.1, -0.05) is 12.1 Å². The molecule has 5 nitrogen and oxygen atoms in total. The first kappa shape index (κ1) is 17.7. The highest BCUT2D eigenvalue weighted by molar-refractivity contribution is 5.96. The minimum absolute atomic E-state index is 0.187. The van der Waals surface area contributed by atoms with E-state index in [9.17, 15) is 9.18 Å². The summed E-state index contributed by atoms with van der Waals surface area (Å²) in [7, 11) is 0. The van der Waals surface area contributed by atoms with E-state index in [4.69, 9.17) is 0 Å². The monoisotopic (exact) mass is 366 g/mol. The molecule has 3 aromatic rings. The van der Waals surface area contributed by atoms with Crippen molar-refractivity contribution in [1.29, 1.82) is 0 Å². The van der Waals surface area contributed by atoms with Crippen LogP contribution in [0, 0.1) is 5.82 Å². The molecule has 1 aliphatic rings. The number of aromatic nitrogens is 2. The van der Waals surface area contributed by atoms with Gasteiger partial charge in [-0.05, 0) is 49.2 Å². The zero-order valence-corrected chi connectivity index (χ0v) is 15.4. The SMILES string of the molecule is CC1CN(CCc2ccc(F)cc2)CCN1c1ccc2n[nH]c(C=O)c2c1. The van der Waals surface area contributed by atoms with Crippen LogP contribution < -0.4 is 4.90 Å². The highest BCUT2D eigenvalue weighted by Gasteiger charge is 2.24. The van der Waals surface area contributed by atoms with E-state index in [1.54, 1.807) is 0 Å². The molecule has 1 saturated heterocycles. The van der Waals surface area contributed by atoms with E-state index in [1.807, 2.05) is 24.3 Å². The molecule has 1 atom stereocenters. The summed E-state index contributed by atoms with van der Waals surface area (Å²) in [6, 6.07) is 13.2. The van der Waals surface area contributed by atoms with Gasteiger partial charge in [0.05, 0.1) is 5.52 Å². The predicted molar refractivity (Wildman–Crippen MR) is 105 cm³/mol. The van der Waals surface area contributed by atoms with Crippen molar-refractivity contribution in [3.05, 3.63) is 59.5 Å². The van der Waals surface area contributed by atoms with Crippen LogP contribution in [-0.4, -0.2) is 53.6 Å². The van der Waals surface area contributed by atoms with Gasteiger partial charge in [0.15, 0.2) is 6.29 Å². The highest BCUT2D eigenvalue weighted by atomic mass is 19.1. The summed E-state index contributed by atoms with van der Waals surface area (Å²) < 4.78 is 13.0. The van der Waals surface area contributed by atoms with Crippen molar-refractivity contribution in [3.63, 3.8) is 0 Å². The van der Waals surface area contributed by atoms with Crippen molar-refractivity contribution in [2.45, 2.75) is 19.4 Å². The number of carbonyl (C=O) groups is 1. The number of nitrogens with zero attached hydrogens (tertiary/aromatic N) is 3. The van der Waals surface area contributed by atoms with Crippen molar-refractivity contribution >= 4 is 22.9 Å². The third kappa shape index (κ3) is 3.71. The number of hydrogen-bond acceptors (Lipinski definition) is 4. The zero-order chi connectivity index (χ0) is 18.8. The maximum Gasteiger partial charge on any atom is 0.168 e. The molecule has 1 aromatic heterocycles. The van der Waals surface area contributed by atoms with Crippen LogP contribution in [0.15, 0.2) is 42.5 Å². The van der Waals surface area contributed by atoms with Crippen molar-refractivity contribution in [2.75, 3.05) is 31.1 Å². The lowest BCUT2D eigenvalue weighted by atomic mass is 10.1. The third-order valence-electron chi connectivity index (χ3n) is 5.36. The molecule has 2 aromatic carbocycles. The average molecular weight is 366 g/mol. The van der Waals surface area contributed by atoms with Gasteiger partial charge in [0.25, 0.3) is 0 Å². The van der Waals surface area contributed by atoms with Gasteiger partial charge in [-0.25, -0.2) is 4.39 Å². The number of hydrogen-bond donors (Lipinski definition) is 1. The molecule has 27 heavy (non-hydrogen) atoms. The molecule has 2 heterocycles. The van der Waals surface area contributed by atoms with E-state index in [0.29, 0.717) is 11.7 Å². The minimum Gasteiger partial charge on any atom is -0.366 e. The number of fused-ring (bicyclic) bond motifs is 1. The molecule has 0 aliphatic carbocycles. The molecule has 0 spiro atoms. The standard InChI is InChI=1S/C21H23FN4O/c1-15-13-25(9-8-16-2-4-17(22)5-3-16)10-11-26(15)18-6-7-20-19(12-18)21(14-27)24-23-20/h2-7,12,14-15H,8-11,13H2,1H3,(H,23,24). The Labute approximate surface area is 157 Å². The van der Waals surface area contributed by atoms with Crippen molar-refractivity contribution in [2.24, 2.45) is 0 Å². The fourth-order valence-electron chi connectivity index (χ4n) is 3.84. The average Bonchev–Trinajstić information content (AvgIpc) is 3.10. The van der Waals surface area contributed by atoms with E-state index >= 15 is 0 Å². The molecule has 0 amide bonds. The number of aromatic amines is 1. The van der Waals surface area contributed by atoms with Crippen LogP contribution in [0.5, 0.6) is 0 Å². The maximum absolute atomic E-state index is 13.0. The molecule has 0 radical (unpaired) electrons. The Hall–Kier alpha value is -2.73. The van der Waals surface area contributed by atoms with Gasteiger partial charge in [-0.3, -0.25) is 14.8 Å². The second-order valence-corrected chi connectivity index (χ2v) is 7.18. The van der Waals surface area contributed by atoms with Crippen LogP contribution in [0.4, 0.5) is 10.1 Å². The zero-order valence-electron chi connectivity index (χ0n) is 15.4. The Morgan fingerprint density at radius 2 is 2.04 bits per heavy atom. The second-order valence-electron chi connectivity index (χ2n) is 7.18. The summed E-state index contributed by atoms with van der Waals surface area (Å²) in [4.78, 5) is 16.0. The second kappa shape index (κ2) is 7.48. The summed E-state index contributed by atoms with van der Waals surface area (Å²) in [5.74, 6) is -0.187. The summed E-state index contributed by atoms with van der Waals surface area (Å²) in [6.07, 6.45) is 1.74. The van der Waals surface area contributed by atoms with Crippen LogP contribution in [0.25, 0.3) is 10.9 Å². The number of benzene rings is 2. The molecule has 1 unspecified atom stereocenters.